The zero-order valence-electron chi connectivity index (χ0n) is 13.6. The summed E-state index contributed by atoms with van der Waals surface area (Å²) in [4.78, 5) is 36.4. The smallest absolute Gasteiger partial charge is 0.278 e. The molecule has 3 heterocycles. The Kier molecular flexibility index (Phi) is 3.12. The van der Waals surface area contributed by atoms with Gasteiger partial charge in [-0.15, -0.1) is 0 Å². The van der Waals surface area contributed by atoms with Crippen LogP contribution < -0.4 is 4.90 Å². The minimum absolute atomic E-state index is 0.324. The van der Waals surface area contributed by atoms with Gasteiger partial charge in [-0.2, -0.15) is 0 Å². The van der Waals surface area contributed by atoms with Crippen LogP contribution in [-0.2, 0) is 14.4 Å². The molecule has 0 N–H and O–H groups in total. The van der Waals surface area contributed by atoms with Gasteiger partial charge in [0.15, 0.2) is 0 Å². The van der Waals surface area contributed by atoms with Crippen molar-refractivity contribution >= 4 is 34.0 Å². The van der Waals surface area contributed by atoms with E-state index in [9.17, 15) is 9.59 Å². The fourth-order valence-electron chi connectivity index (χ4n) is 3.50. The summed E-state index contributed by atoms with van der Waals surface area (Å²) < 4.78 is 0. The van der Waals surface area contributed by atoms with Gasteiger partial charge in [0.2, 0.25) is 12.0 Å². The number of fused-ring (bicyclic) bond motifs is 2. The third-order valence-corrected chi connectivity index (χ3v) is 4.76. The van der Waals surface area contributed by atoms with Gasteiger partial charge in [-0.05, 0) is 35.0 Å². The van der Waals surface area contributed by atoms with Gasteiger partial charge >= 0.3 is 0 Å². The van der Waals surface area contributed by atoms with Crippen molar-refractivity contribution in [3.05, 3.63) is 72.6 Å². The van der Waals surface area contributed by atoms with E-state index in [4.69, 9.17) is 4.84 Å². The normalized spacial score (nSPS) is 21.7. The lowest BCUT2D eigenvalue weighted by atomic mass is 9.95. The Labute approximate surface area is 148 Å². The van der Waals surface area contributed by atoms with Crippen molar-refractivity contribution in [2.75, 3.05) is 4.90 Å². The largest absolute Gasteiger partial charge is 0.381 e. The Morgan fingerprint density at radius 3 is 2.58 bits per heavy atom. The van der Waals surface area contributed by atoms with Crippen LogP contribution in [0.4, 0.5) is 5.69 Å². The van der Waals surface area contributed by atoms with E-state index < -0.39 is 17.9 Å². The summed E-state index contributed by atoms with van der Waals surface area (Å²) in [6, 6.07) is 16.9. The number of imide groups is 1. The molecule has 126 valence electrons. The summed E-state index contributed by atoms with van der Waals surface area (Å²) in [5.74, 6) is -1.45. The molecule has 1 fully saturated rings. The first-order valence-corrected chi connectivity index (χ1v) is 8.25. The monoisotopic (exact) mass is 343 g/mol. The van der Waals surface area contributed by atoms with Gasteiger partial charge in [-0.3, -0.25) is 14.6 Å². The molecule has 26 heavy (non-hydrogen) atoms. The summed E-state index contributed by atoms with van der Waals surface area (Å²) in [7, 11) is 0. The Morgan fingerprint density at radius 2 is 1.77 bits per heavy atom. The van der Waals surface area contributed by atoms with E-state index in [0.717, 1.165) is 10.8 Å². The standard InChI is InChI=1S/C20H13N3O3/c24-19-16-17(14-6-3-9-21-11-14)22-26-18(16)20(25)23(19)15-8-7-12-4-1-2-5-13(12)10-15/h1-11,16,18H/t16-,18+/m0/s1. The van der Waals surface area contributed by atoms with E-state index in [0.29, 0.717) is 17.0 Å². The van der Waals surface area contributed by atoms with Gasteiger partial charge in [0.05, 0.1) is 5.69 Å². The van der Waals surface area contributed by atoms with Crippen LogP contribution in [0, 0.1) is 5.92 Å². The second-order valence-electron chi connectivity index (χ2n) is 6.27. The Hall–Kier alpha value is -3.54. The van der Waals surface area contributed by atoms with Gasteiger partial charge in [0.25, 0.3) is 5.91 Å². The summed E-state index contributed by atoms with van der Waals surface area (Å²) in [6.45, 7) is 0. The summed E-state index contributed by atoms with van der Waals surface area (Å²) >= 11 is 0. The maximum Gasteiger partial charge on any atom is 0.278 e. The van der Waals surface area contributed by atoms with Crippen molar-refractivity contribution < 1.29 is 14.4 Å². The molecular formula is C20H13N3O3. The Balaban J connectivity index is 1.55. The number of amides is 2. The molecule has 1 saturated heterocycles. The maximum atomic E-state index is 13.0. The first-order valence-electron chi connectivity index (χ1n) is 8.25. The molecule has 0 aliphatic carbocycles. The van der Waals surface area contributed by atoms with Crippen molar-refractivity contribution in [3.8, 4) is 0 Å². The van der Waals surface area contributed by atoms with Crippen molar-refractivity contribution in [2.24, 2.45) is 11.1 Å². The lowest BCUT2D eigenvalue weighted by molar-refractivity contribution is -0.126. The Bertz CT molecular complexity index is 1080. The van der Waals surface area contributed by atoms with Crippen LogP contribution in [0.15, 0.2) is 72.1 Å². The van der Waals surface area contributed by atoms with Crippen LogP contribution in [0.2, 0.25) is 0 Å². The minimum atomic E-state index is -0.913. The van der Waals surface area contributed by atoms with Crippen molar-refractivity contribution in [2.45, 2.75) is 6.10 Å². The van der Waals surface area contributed by atoms with Gasteiger partial charge < -0.3 is 4.84 Å². The van der Waals surface area contributed by atoms with Gasteiger partial charge in [-0.1, -0.05) is 35.5 Å². The van der Waals surface area contributed by atoms with Crippen LogP contribution in [0.5, 0.6) is 0 Å². The van der Waals surface area contributed by atoms with Crippen LogP contribution in [0.3, 0.4) is 0 Å². The molecule has 0 radical (unpaired) electrons. The SMILES string of the molecule is O=C1[C@H]2C(c3cccnc3)=NO[C@H]2C(=O)N1c1ccc2ccccc2c1. The average Bonchev–Trinajstić information content (AvgIpc) is 3.23. The third kappa shape index (κ3) is 2.05. The highest BCUT2D eigenvalue weighted by Crippen LogP contribution is 2.35. The molecule has 0 spiro atoms. The van der Waals surface area contributed by atoms with Crippen LogP contribution >= 0.6 is 0 Å². The van der Waals surface area contributed by atoms with Crippen molar-refractivity contribution in [1.29, 1.82) is 0 Å². The van der Waals surface area contributed by atoms with E-state index in [1.54, 1.807) is 30.6 Å². The first-order chi connectivity index (χ1) is 12.7. The molecule has 0 saturated carbocycles. The van der Waals surface area contributed by atoms with Gasteiger partial charge in [-0.25, -0.2) is 4.90 Å². The molecule has 2 aromatic carbocycles. The van der Waals surface area contributed by atoms with E-state index in [2.05, 4.69) is 10.1 Å². The van der Waals surface area contributed by atoms with Crippen molar-refractivity contribution in [1.82, 2.24) is 4.98 Å². The van der Waals surface area contributed by atoms with Gasteiger partial charge in [0.1, 0.15) is 11.6 Å². The molecule has 0 unspecified atom stereocenters. The quantitative estimate of drug-likeness (QED) is 0.670. The second-order valence-corrected chi connectivity index (χ2v) is 6.27. The number of benzene rings is 2. The van der Waals surface area contributed by atoms with Crippen LogP contribution in [0.1, 0.15) is 5.56 Å². The highest BCUT2D eigenvalue weighted by molar-refractivity contribution is 6.32. The number of nitrogens with zero attached hydrogens (tertiary/aromatic N) is 3. The summed E-state index contributed by atoms with van der Waals surface area (Å²) in [5, 5.41) is 5.99. The molecule has 2 amide bonds. The molecule has 1 aromatic heterocycles. The van der Waals surface area contributed by atoms with E-state index in [-0.39, 0.29) is 5.91 Å². The number of anilines is 1. The topological polar surface area (TPSA) is 71.9 Å². The molecule has 2 aliphatic rings. The number of hydrogen-bond acceptors (Lipinski definition) is 5. The number of aromatic nitrogens is 1. The van der Waals surface area contributed by atoms with Crippen molar-refractivity contribution in [3.63, 3.8) is 0 Å². The summed E-state index contributed by atoms with van der Waals surface area (Å²) in [5.41, 5.74) is 1.67. The zero-order valence-corrected chi connectivity index (χ0v) is 13.6. The molecule has 5 rings (SSSR count). The lowest BCUT2D eigenvalue weighted by Gasteiger charge is -2.16. The molecule has 0 bridgehead atoms. The Morgan fingerprint density at radius 1 is 0.923 bits per heavy atom. The van der Waals surface area contributed by atoms with E-state index >= 15 is 0 Å². The number of carbonyl (C=O) groups excluding carboxylic acids is 2. The number of rotatable bonds is 2. The molecular weight excluding hydrogens is 330 g/mol. The fraction of sp³-hybridized carbons (Fsp3) is 0.100. The molecule has 6 nitrogen and oxygen atoms in total. The summed E-state index contributed by atoms with van der Waals surface area (Å²) in [6.07, 6.45) is 2.34. The van der Waals surface area contributed by atoms with E-state index in [1.165, 1.54) is 4.90 Å². The minimum Gasteiger partial charge on any atom is -0.381 e. The molecule has 2 aliphatic heterocycles. The second kappa shape index (κ2) is 5.49. The predicted octanol–water partition coefficient (Wildman–Crippen LogP) is 2.53. The average molecular weight is 343 g/mol. The number of oxime groups is 1. The first kappa shape index (κ1) is 14.8. The molecule has 6 heteroatoms. The molecule has 3 aromatic rings. The predicted molar refractivity (Wildman–Crippen MR) is 95.6 cm³/mol. The number of carbonyl (C=O) groups is 2. The van der Waals surface area contributed by atoms with Crippen LogP contribution in [-0.4, -0.2) is 28.6 Å². The number of hydrogen-bond donors (Lipinski definition) is 0. The van der Waals surface area contributed by atoms with Gasteiger partial charge in [0, 0.05) is 18.0 Å². The number of pyridine rings is 1. The zero-order chi connectivity index (χ0) is 17.7. The third-order valence-electron chi connectivity index (χ3n) is 4.76. The highest BCUT2D eigenvalue weighted by atomic mass is 16.6. The lowest BCUT2D eigenvalue weighted by Crippen LogP contribution is -2.33. The van der Waals surface area contributed by atoms with Crippen LogP contribution in [0.25, 0.3) is 10.8 Å². The fourth-order valence-corrected chi connectivity index (χ4v) is 3.50. The van der Waals surface area contributed by atoms with E-state index in [1.807, 2.05) is 36.4 Å². The highest BCUT2D eigenvalue weighted by Gasteiger charge is 2.56. The molecule has 2 atom stereocenters. The maximum absolute atomic E-state index is 13.0.